The van der Waals surface area contributed by atoms with Crippen molar-refractivity contribution in [2.75, 3.05) is 13.6 Å². The smallest absolute Gasteiger partial charge is 0.251 e. The van der Waals surface area contributed by atoms with Crippen LogP contribution in [-0.4, -0.2) is 35.3 Å². The van der Waals surface area contributed by atoms with Crippen molar-refractivity contribution in [1.82, 2.24) is 15.2 Å². The van der Waals surface area contributed by atoms with Crippen LogP contribution in [0.25, 0.3) is 10.2 Å². The van der Waals surface area contributed by atoms with Crippen LogP contribution in [0.5, 0.6) is 0 Å². The number of aromatic nitrogens is 1. The van der Waals surface area contributed by atoms with E-state index < -0.39 is 0 Å². The fraction of sp³-hybridized carbons (Fsp3) is 0.167. The van der Waals surface area contributed by atoms with Gasteiger partial charge in [0.25, 0.3) is 5.91 Å². The van der Waals surface area contributed by atoms with Crippen LogP contribution in [-0.2, 0) is 11.3 Å². The predicted octanol–water partition coefficient (Wildman–Crippen LogP) is 3.34. The van der Waals surface area contributed by atoms with E-state index in [2.05, 4.69) is 10.3 Å². The number of halogens is 1. The number of benzene rings is 2. The van der Waals surface area contributed by atoms with Crippen LogP contribution < -0.4 is 5.32 Å². The number of likely N-dealkylation sites (N-methyl/N-ethyl adjacent to an activating group) is 1. The molecule has 7 heteroatoms. The second-order valence-electron chi connectivity index (χ2n) is 5.51. The predicted molar refractivity (Wildman–Crippen MR) is 99.9 cm³/mol. The van der Waals surface area contributed by atoms with Gasteiger partial charge in [0.1, 0.15) is 5.01 Å². The molecule has 0 unspecified atom stereocenters. The number of nitrogens with zero attached hydrogens (tertiary/aromatic N) is 2. The molecule has 0 spiro atoms. The van der Waals surface area contributed by atoms with E-state index in [1.807, 2.05) is 24.3 Å². The maximum absolute atomic E-state index is 12.2. The van der Waals surface area contributed by atoms with E-state index in [-0.39, 0.29) is 18.4 Å². The van der Waals surface area contributed by atoms with Gasteiger partial charge in [0.15, 0.2) is 0 Å². The van der Waals surface area contributed by atoms with Crippen molar-refractivity contribution in [2.24, 2.45) is 0 Å². The van der Waals surface area contributed by atoms with Gasteiger partial charge >= 0.3 is 0 Å². The highest BCUT2D eigenvalue weighted by Gasteiger charge is 2.14. The summed E-state index contributed by atoms with van der Waals surface area (Å²) in [6.45, 7) is 0.345. The fourth-order valence-electron chi connectivity index (χ4n) is 2.27. The van der Waals surface area contributed by atoms with Crippen molar-refractivity contribution >= 4 is 45.0 Å². The molecule has 2 aromatic carbocycles. The number of hydrogen-bond acceptors (Lipinski definition) is 4. The van der Waals surface area contributed by atoms with Crippen molar-refractivity contribution in [2.45, 2.75) is 6.54 Å². The number of hydrogen-bond donors (Lipinski definition) is 1. The summed E-state index contributed by atoms with van der Waals surface area (Å²) in [5.74, 6) is -0.486. The second-order valence-corrected chi connectivity index (χ2v) is 7.07. The van der Waals surface area contributed by atoms with Gasteiger partial charge in [0, 0.05) is 17.6 Å². The first-order chi connectivity index (χ1) is 12.0. The van der Waals surface area contributed by atoms with E-state index in [1.54, 1.807) is 47.5 Å². The molecule has 0 radical (unpaired) electrons. The Kier molecular flexibility index (Phi) is 5.31. The van der Waals surface area contributed by atoms with Gasteiger partial charge in [-0.15, -0.1) is 11.3 Å². The third kappa shape index (κ3) is 4.35. The maximum atomic E-state index is 12.2. The zero-order valence-electron chi connectivity index (χ0n) is 13.5. The minimum Gasteiger partial charge on any atom is -0.343 e. The quantitative estimate of drug-likeness (QED) is 0.746. The molecule has 128 valence electrons. The average molecular weight is 374 g/mol. The third-order valence-electron chi connectivity index (χ3n) is 3.64. The van der Waals surface area contributed by atoms with Crippen molar-refractivity contribution < 1.29 is 9.59 Å². The highest BCUT2D eigenvalue weighted by molar-refractivity contribution is 7.18. The molecule has 0 aliphatic rings. The number of carbonyl (C=O) groups excluding carboxylic acids is 2. The monoisotopic (exact) mass is 373 g/mol. The Morgan fingerprint density at radius 1 is 1.16 bits per heavy atom. The molecule has 0 atom stereocenters. The van der Waals surface area contributed by atoms with Crippen molar-refractivity contribution in [1.29, 1.82) is 0 Å². The molecule has 2 amide bonds. The molecule has 1 heterocycles. The average Bonchev–Trinajstić information content (AvgIpc) is 3.02. The molecule has 3 aromatic rings. The largest absolute Gasteiger partial charge is 0.343 e. The van der Waals surface area contributed by atoms with E-state index >= 15 is 0 Å². The summed E-state index contributed by atoms with van der Waals surface area (Å²) in [7, 11) is 1.70. The van der Waals surface area contributed by atoms with Gasteiger partial charge in [-0.3, -0.25) is 9.59 Å². The lowest BCUT2D eigenvalue weighted by molar-refractivity contribution is -0.129. The first-order valence-corrected chi connectivity index (χ1v) is 8.84. The number of para-hydroxylation sites is 1. The fourth-order valence-corrected chi connectivity index (χ4v) is 3.42. The van der Waals surface area contributed by atoms with Crippen LogP contribution in [0.1, 0.15) is 15.4 Å². The van der Waals surface area contributed by atoms with Crippen molar-refractivity contribution in [3.63, 3.8) is 0 Å². The van der Waals surface area contributed by atoms with E-state index in [0.717, 1.165) is 15.2 Å². The summed E-state index contributed by atoms with van der Waals surface area (Å²) >= 11 is 7.36. The molecule has 25 heavy (non-hydrogen) atoms. The molecule has 0 saturated carbocycles. The molecule has 0 bridgehead atoms. The van der Waals surface area contributed by atoms with E-state index in [4.69, 9.17) is 11.6 Å². The molecule has 1 N–H and O–H groups in total. The maximum Gasteiger partial charge on any atom is 0.251 e. The topological polar surface area (TPSA) is 62.3 Å². The van der Waals surface area contributed by atoms with Gasteiger partial charge in [-0.2, -0.15) is 0 Å². The highest BCUT2D eigenvalue weighted by atomic mass is 35.5. The number of thiazole rings is 1. The Morgan fingerprint density at radius 3 is 2.60 bits per heavy atom. The zero-order chi connectivity index (χ0) is 17.8. The van der Waals surface area contributed by atoms with Crippen LogP contribution in [0.15, 0.2) is 48.5 Å². The van der Waals surface area contributed by atoms with Gasteiger partial charge in [0.05, 0.1) is 23.3 Å². The Balaban J connectivity index is 1.55. The Labute approximate surface area is 154 Å². The lowest BCUT2D eigenvalue weighted by Gasteiger charge is -2.16. The lowest BCUT2D eigenvalue weighted by Crippen LogP contribution is -2.37. The molecule has 0 aliphatic carbocycles. The van der Waals surface area contributed by atoms with Crippen LogP contribution in [0, 0.1) is 0 Å². The lowest BCUT2D eigenvalue weighted by atomic mass is 10.2. The Morgan fingerprint density at radius 2 is 1.88 bits per heavy atom. The highest BCUT2D eigenvalue weighted by Crippen LogP contribution is 2.22. The number of fused-ring (bicyclic) bond motifs is 1. The third-order valence-corrected chi connectivity index (χ3v) is 4.92. The standard InChI is InChI=1S/C18H16ClN3O2S/c1-22(11-16-21-14-4-2-3-5-15(14)25-16)17(23)10-20-18(24)12-6-8-13(19)9-7-12/h2-9H,10-11H2,1H3,(H,20,24). The number of nitrogens with one attached hydrogen (secondary N) is 1. The van der Waals surface area contributed by atoms with Gasteiger partial charge < -0.3 is 10.2 Å². The normalized spacial score (nSPS) is 10.6. The molecule has 1 aromatic heterocycles. The minimum atomic E-state index is -0.307. The summed E-state index contributed by atoms with van der Waals surface area (Å²) in [5, 5.41) is 4.04. The minimum absolute atomic E-state index is 0.0666. The Hall–Kier alpha value is -2.44. The Bertz CT molecular complexity index is 875. The summed E-state index contributed by atoms with van der Waals surface area (Å²) in [5.41, 5.74) is 1.39. The molecule has 0 aliphatic heterocycles. The number of rotatable bonds is 5. The van der Waals surface area contributed by atoms with Crippen LogP contribution in [0.2, 0.25) is 5.02 Å². The van der Waals surface area contributed by atoms with Crippen molar-refractivity contribution in [3.8, 4) is 0 Å². The van der Waals surface area contributed by atoms with E-state index in [0.29, 0.717) is 17.1 Å². The van der Waals surface area contributed by atoms with Crippen LogP contribution >= 0.6 is 22.9 Å². The number of carbonyl (C=O) groups is 2. The zero-order valence-corrected chi connectivity index (χ0v) is 15.1. The number of amides is 2. The SMILES string of the molecule is CN(Cc1nc2ccccc2s1)C(=O)CNC(=O)c1ccc(Cl)cc1. The van der Waals surface area contributed by atoms with E-state index in [9.17, 15) is 9.59 Å². The van der Waals surface area contributed by atoms with E-state index in [1.165, 1.54) is 0 Å². The molecule has 3 rings (SSSR count). The summed E-state index contributed by atoms with van der Waals surface area (Å²) in [6.07, 6.45) is 0. The molecular formula is C18H16ClN3O2S. The second kappa shape index (κ2) is 7.63. The summed E-state index contributed by atoms with van der Waals surface area (Å²) in [4.78, 5) is 30.3. The van der Waals surface area contributed by atoms with Crippen molar-refractivity contribution in [3.05, 3.63) is 64.1 Å². The summed E-state index contributed by atoms with van der Waals surface area (Å²) < 4.78 is 1.09. The molecule has 0 saturated heterocycles. The first-order valence-electron chi connectivity index (χ1n) is 7.65. The van der Waals surface area contributed by atoms with Gasteiger partial charge in [-0.05, 0) is 36.4 Å². The summed E-state index contributed by atoms with van der Waals surface area (Å²) in [6, 6.07) is 14.4. The first kappa shape index (κ1) is 17.4. The molecular weight excluding hydrogens is 358 g/mol. The van der Waals surface area contributed by atoms with Crippen LogP contribution in [0.3, 0.4) is 0 Å². The molecule has 5 nitrogen and oxygen atoms in total. The van der Waals surface area contributed by atoms with Gasteiger partial charge in [-0.1, -0.05) is 23.7 Å². The van der Waals surface area contributed by atoms with Gasteiger partial charge in [-0.25, -0.2) is 4.98 Å². The van der Waals surface area contributed by atoms with Crippen LogP contribution in [0.4, 0.5) is 0 Å². The van der Waals surface area contributed by atoms with Gasteiger partial charge in [0.2, 0.25) is 5.91 Å². The molecule has 0 fully saturated rings.